The highest BCUT2D eigenvalue weighted by Gasteiger charge is 2.21. The fourth-order valence-corrected chi connectivity index (χ4v) is 2.97. The van der Waals surface area contributed by atoms with Crippen LogP contribution in [0.5, 0.6) is 0 Å². The molecule has 0 fully saturated rings. The lowest BCUT2D eigenvalue weighted by Gasteiger charge is -2.15. The van der Waals surface area contributed by atoms with Crippen molar-refractivity contribution in [2.75, 3.05) is 24.1 Å². The molecule has 0 radical (unpaired) electrons. The smallest absolute Gasteiger partial charge is 0.326 e. The normalized spacial score (nSPS) is 15.4. The summed E-state index contributed by atoms with van der Waals surface area (Å²) in [7, 11) is 0. The maximum absolute atomic E-state index is 12.3. The van der Waals surface area contributed by atoms with Crippen molar-refractivity contribution in [3.63, 3.8) is 0 Å². The maximum Gasteiger partial charge on any atom is 0.326 e. The number of carbonyl (C=O) groups is 3. The van der Waals surface area contributed by atoms with E-state index in [1.807, 2.05) is 0 Å². The topological polar surface area (TPSA) is 212 Å². The van der Waals surface area contributed by atoms with E-state index in [4.69, 9.17) is 15.9 Å². The number of nitrogens with one attached hydrogen (secondary N) is 3. The standard InChI is InChI=1S/C19H21N7O6/c20-19-25-15-14(17(30)26-19)23-11(8-22-15)7-21-10-3-1-9(2-4-10)16(29)24-12(18(31)32)5-6-13(27)28/h1-4,11-12,21H,5-8H2,(H,24,29)(H,27,28)(H,31,32)(H3,20,22,25,26,30). The summed E-state index contributed by atoms with van der Waals surface area (Å²) in [5, 5.41) is 23.4. The van der Waals surface area contributed by atoms with E-state index in [1.165, 1.54) is 12.1 Å². The number of aromatic nitrogens is 2. The van der Waals surface area contributed by atoms with Crippen molar-refractivity contribution in [1.29, 1.82) is 0 Å². The highest BCUT2D eigenvalue weighted by Crippen LogP contribution is 2.11. The molecule has 13 nitrogen and oxygen atoms in total. The van der Waals surface area contributed by atoms with E-state index in [9.17, 15) is 19.2 Å². The lowest BCUT2D eigenvalue weighted by molar-refractivity contribution is -0.140. The number of amides is 1. The van der Waals surface area contributed by atoms with Gasteiger partial charge in [-0.2, -0.15) is 4.98 Å². The van der Waals surface area contributed by atoms with Crippen LogP contribution >= 0.6 is 0 Å². The number of nitrogens with zero attached hydrogens (tertiary/aromatic N) is 3. The van der Waals surface area contributed by atoms with Gasteiger partial charge in [0.2, 0.25) is 5.95 Å². The second-order valence-corrected chi connectivity index (χ2v) is 7.00. The number of aliphatic carboxylic acids is 2. The monoisotopic (exact) mass is 443 g/mol. The van der Waals surface area contributed by atoms with Gasteiger partial charge in [-0.1, -0.05) is 0 Å². The molecule has 168 valence electrons. The minimum atomic E-state index is -1.31. The summed E-state index contributed by atoms with van der Waals surface area (Å²) in [6.07, 6.45) is -0.599. The molecule has 1 aliphatic heterocycles. The Kier molecular flexibility index (Phi) is 6.77. The zero-order valence-electron chi connectivity index (χ0n) is 16.7. The number of fused-ring (bicyclic) bond motifs is 1. The average Bonchev–Trinajstić information content (AvgIpc) is 2.75. The van der Waals surface area contributed by atoms with Crippen LogP contribution in [0, 0.1) is 0 Å². The molecule has 2 atom stereocenters. The summed E-state index contributed by atoms with van der Waals surface area (Å²) in [6.45, 7) is 0.692. The number of hydrogen-bond acceptors (Lipinski definition) is 9. The van der Waals surface area contributed by atoms with E-state index in [0.717, 1.165) is 0 Å². The molecule has 2 heterocycles. The van der Waals surface area contributed by atoms with Gasteiger partial charge in [0.05, 0.1) is 12.6 Å². The number of carboxylic acids is 2. The van der Waals surface area contributed by atoms with Crippen molar-refractivity contribution < 1.29 is 24.6 Å². The number of benzene rings is 1. The molecule has 1 amide bonds. The van der Waals surface area contributed by atoms with Crippen LogP contribution in [-0.2, 0) is 9.59 Å². The molecular weight excluding hydrogens is 422 g/mol. The molecule has 2 unspecified atom stereocenters. The Bertz CT molecular complexity index is 1210. The van der Waals surface area contributed by atoms with Gasteiger partial charge in [0, 0.05) is 24.2 Å². The number of aromatic amines is 1. The predicted octanol–water partition coefficient (Wildman–Crippen LogP) is -1.87. The number of carboxylic acid groups (broad SMARTS) is 2. The summed E-state index contributed by atoms with van der Waals surface area (Å²) in [6, 6.07) is 4.66. The lowest BCUT2D eigenvalue weighted by Crippen LogP contribution is -2.48. The second-order valence-electron chi connectivity index (χ2n) is 7.00. The highest BCUT2D eigenvalue weighted by molar-refractivity contribution is 5.96. The molecule has 0 saturated heterocycles. The Morgan fingerprint density at radius 3 is 2.59 bits per heavy atom. The summed E-state index contributed by atoms with van der Waals surface area (Å²) in [5.41, 5.74) is 6.14. The van der Waals surface area contributed by atoms with Gasteiger partial charge in [0.15, 0.2) is 10.8 Å². The van der Waals surface area contributed by atoms with Crippen LogP contribution < -0.4 is 32.8 Å². The van der Waals surface area contributed by atoms with E-state index in [0.29, 0.717) is 18.8 Å². The van der Waals surface area contributed by atoms with Crippen LogP contribution in [0.4, 0.5) is 11.6 Å². The van der Waals surface area contributed by atoms with Crippen LogP contribution in [0.2, 0.25) is 0 Å². The van der Waals surface area contributed by atoms with Crippen LogP contribution in [0.15, 0.2) is 39.0 Å². The number of rotatable bonds is 9. The molecule has 0 spiro atoms. The lowest BCUT2D eigenvalue weighted by atomic mass is 10.1. The van der Waals surface area contributed by atoms with E-state index < -0.39 is 29.4 Å². The van der Waals surface area contributed by atoms with Crippen LogP contribution in [0.3, 0.4) is 0 Å². The molecule has 0 bridgehead atoms. The van der Waals surface area contributed by atoms with Crippen LogP contribution in [0.25, 0.3) is 0 Å². The van der Waals surface area contributed by atoms with Gasteiger partial charge >= 0.3 is 11.9 Å². The number of anilines is 2. The van der Waals surface area contributed by atoms with E-state index in [1.54, 1.807) is 12.1 Å². The molecule has 13 heteroatoms. The minimum Gasteiger partial charge on any atom is -0.481 e. The molecular formula is C19H21N7O6. The fraction of sp³-hybridized carbons (Fsp3) is 0.316. The van der Waals surface area contributed by atoms with Gasteiger partial charge < -0.3 is 26.6 Å². The summed E-state index contributed by atoms with van der Waals surface area (Å²) >= 11 is 0. The quantitative estimate of drug-likeness (QED) is 0.256. The first kappa shape index (κ1) is 22.4. The zero-order chi connectivity index (χ0) is 23.3. The van der Waals surface area contributed by atoms with Crippen molar-refractivity contribution >= 4 is 29.5 Å². The molecule has 0 aliphatic carbocycles. The van der Waals surface area contributed by atoms with Gasteiger partial charge in [-0.3, -0.25) is 29.4 Å². The van der Waals surface area contributed by atoms with Crippen molar-refractivity contribution in [2.24, 2.45) is 9.98 Å². The summed E-state index contributed by atoms with van der Waals surface area (Å²) in [4.78, 5) is 61.0. The summed E-state index contributed by atoms with van der Waals surface area (Å²) in [5.74, 6) is -3.10. The van der Waals surface area contributed by atoms with Gasteiger partial charge in [-0.15, -0.1) is 0 Å². The van der Waals surface area contributed by atoms with Crippen molar-refractivity contribution in [3.05, 3.63) is 51.0 Å². The molecule has 3 rings (SSSR count). The van der Waals surface area contributed by atoms with Crippen molar-refractivity contribution in [1.82, 2.24) is 15.3 Å². The van der Waals surface area contributed by atoms with Crippen molar-refractivity contribution in [2.45, 2.75) is 24.9 Å². The minimum absolute atomic E-state index is 0.0232. The second kappa shape index (κ2) is 9.68. The molecule has 2 aromatic rings. The Balaban J connectivity index is 1.59. The van der Waals surface area contributed by atoms with Crippen LogP contribution in [0.1, 0.15) is 23.2 Å². The van der Waals surface area contributed by atoms with Gasteiger partial charge in [-0.05, 0) is 30.7 Å². The van der Waals surface area contributed by atoms with E-state index >= 15 is 0 Å². The average molecular weight is 443 g/mol. The van der Waals surface area contributed by atoms with Gasteiger partial charge in [0.25, 0.3) is 11.5 Å². The Morgan fingerprint density at radius 2 is 1.94 bits per heavy atom. The van der Waals surface area contributed by atoms with Gasteiger partial charge in [-0.25, -0.2) is 4.79 Å². The first-order valence-corrected chi connectivity index (χ1v) is 9.60. The Hall–Kier alpha value is -4.29. The molecule has 32 heavy (non-hydrogen) atoms. The summed E-state index contributed by atoms with van der Waals surface area (Å²) < 4.78 is 0. The SMILES string of the molecule is Nc1nc2c(c(=O)[nH]1)=NC(CNc1ccc(C(=O)NC(CCC(=O)O)C(=O)O)cc1)CN=2. The number of hydrogen-bond donors (Lipinski definition) is 6. The molecule has 1 aromatic carbocycles. The highest BCUT2D eigenvalue weighted by atomic mass is 16.4. The first-order chi connectivity index (χ1) is 15.2. The largest absolute Gasteiger partial charge is 0.481 e. The van der Waals surface area contributed by atoms with Gasteiger partial charge in [0.1, 0.15) is 6.04 Å². The number of H-pyrrole nitrogens is 1. The third kappa shape index (κ3) is 5.65. The molecule has 1 aliphatic rings. The molecule has 1 aromatic heterocycles. The number of nitrogens with two attached hydrogens (primary N) is 1. The third-order valence-electron chi connectivity index (χ3n) is 4.60. The number of nitrogen functional groups attached to an aromatic ring is 1. The molecule has 0 saturated carbocycles. The van der Waals surface area contributed by atoms with E-state index in [2.05, 4.69) is 30.6 Å². The Morgan fingerprint density at radius 1 is 1.22 bits per heavy atom. The first-order valence-electron chi connectivity index (χ1n) is 9.60. The third-order valence-corrected chi connectivity index (χ3v) is 4.60. The maximum atomic E-state index is 12.3. The Labute approximate surface area is 180 Å². The van der Waals surface area contributed by atoms with Crippen LogP contribution in [-0.4, -0.2) is 63.2 Å². The van der Waals surface area contributed by atoms with E-state index in [-0.39, 0.29) is 41.2 Å². The fourth-order valence-electron chi connectivity index (χ4n) is 2.97. The molecule has 7 N–H and O–H groups in total. The predicted molar refractivity (Wildman–Crippen MR) is 111 cm³/mol. The number of carbonyl (C=O) groups excluding carboxylic acids is 1. The zero-order valence-corrected chi connectivity index (χ0v) is 16.7. The van der Waals surface area contributed by atoms with Crippen molar-refractivity contribution in [3.8, 4) is 0 Å².